The zero-order valence-electron chi connectivity index (χ0n) is 14.3. The summed E-state index contributed by atoms with van der Waals surface area (Å²) in [6, 6.07) is 7.47. The van der Waals surface area contributed by atoms with Crippen LogP contribution in [0.5, 0.6) is 0 Å². The Kier molecular flexibility index (Phi) is 5.27. The molecule has 7 nitrogen and oxygen atoms in total. The number of aromatic nitrogens is 4. The molecule has 134 valence electrons. The van der Waals surface area contributed by atoms with Gasteiger partial charge in [0, 0.05) is 5.02 Å². The number of imidazole rings is 1. The van der Waals surface area contributed by atoms with Crippen LogP contribution in [-0.4, -0.2) is 37.9 Å². The lowest BCUT2D eigenvalue weighted by Crippen LogP contribution is -2.23. The second kappa shape index (κ2) is 7.61. The Labute approximate surface area is 155 Å². The highest BCUT2D eigenvalue weighted by atomic mass is 35.5. The van der Waals surface area contributed by atoms with Crippen molar-refractivity contribution in [1.29, 1.82) is 0 Å². The van der Waals surface area contributed by atoms with E-state index in [2.05, 4.69) is 15.0 Å². The van der Waals surface area contributed by atoms with Crippen molar-refractivity contribution >= 4 is 34.5 Å². The van der Waals surface area contributed by atoms with E-state index in [1.807, 2.05) is 24.3 Å². The Balaban J connectivity index is 2.04. The molecule has 0 spiro atoms. The van der Waals surface area contributed by atoms with Crippen LogP contribution in [0, 0.1) is 0 Å². The highest BCUT2D eigenvalue weighted by Crippen LogP contribution is 2.25. The zero-order valence-corrected chi connectivity index (χ0v) is 15.1. The first-order valence-electron chi connectivity index (χ1n) is 8.09. The molecule has 3 aromatic rings. The van der Waals surface area contributed by atoms with Crippen LogP contribution in [0.4, 0.5) is 0 Å². The molecule has 0 aliphatic rings. The summed E-state index contributed by atoms with van der Waals surface area (Å²) < 4.78 is 6.81. The normalized spacial score (nSPS) is 12.1. The molecule has 0 saturated carbocycles. The average Bonchev–Trinajstić information content (AvgIpc) is 3.01. The molecule has 1 atom stereocenters. The number of rotatable bonds is 6. The van der Waals surface area contributed by atoms with Gasteiger partial charge >= 0.3 is 5.97 Å². The van der Waals surface area contributed by atoms with E-state index in [0.717, 1.165) is 5.56 Å². The second-order valence-electron chi connectivity index (χ2n) is 5.69. The summed E-state index contributed by atoms with van der Waals surface area (Å²) >= 11 is 6.22. The second-order valence-corrected chi connectivity index (χ2v) is 6.10. The van der Waals surface area contributed by atoms with E-state index < -0.39 is 11.9 Å². The van der Waals surface area contributed by atoms with Gasteiger partial charge in [-0.1, -0.05) is 29.8 Å². The van der Waals surface area contributed by atoms with Crippen LogP contribution in [0.1, 0.15) is 31.0 Å². The third-order valence-corrected chi connectivity index (χ3v) is 4.30. The van der Waals surface area contributed by atoms with Gasteiger partial charge in [-0.25, -0.2) is 15.0 Å². The van der Waals surface area contributed by atoms with Gasteiger partial charge in [-0.3, -0.25) is 9.59 Å². The molecule has 0 aliphatic carbocycles. The number of benzene rings is 1. The van der Waals surface area contributed by atoms with E-state index >= 15 is 0 Å². The predicted molar refractivity (Wildman–Crippen MR) is 95.9 cm³/mol. The summed E-state index contributed by atoms with van der Waals surface area (Å²) in [6.07, 6.45) is 2.91. The van der Waals surface area contributed by atoms with Gasteiger partial charge in [-0.05, 0) is 25.5 Å². The maximum atomic E-state index is 12.2. The number of Topliss-reactive ketones (excluding diaryl/α,β-unsaturated/α-hetero) is 1. The molecule has 2 heterocycles. The summed E-state index contributed by atoms with van der Waals surface area (Å²) in [5, 5.41) is 0.636. The lowest BCUT2D eigenvalue weighted by Gasteiger charge is -2.12. The standard InChI is InChI=1S/C18H17ClN4O3/c1-3-26-18(25)14(11(2)24)15-16-17(21-9-20-15)23(10-22-16)8-12-6-4-5-7-13(12)19/h4-7,9-10,14H,3,8H2,1-2H3. The van der Waals surface area contributed by atoms with Crippen LogP contribution in [0.2, 0.25) is 5.02 Å². The number of nitrogens with zero attached hydrogens (tertiary/aromatic N) is 4. The number of hydrogen-bond acceptors (Lipinski definition) is 6. The summed E-state index contributed by atoms with van der Waals surface area (Å²) in [6.45, 7) is 3.65. The first-order valence-corrected chi connectivity index (χ1v) is 8.47. The molecule has 2 aromatic heterocycles. The summed E-state index contributed by atoms with van der Waals surface area (Å²) in [5.74, 6) is -2.12. The molecule has 0 amide bonds. The highest BCUT2D eigenvalue weighted by Gasteiger charge is 2.31. The molecule has 1 unspecified atom stereocenters. The van der Waals surface area contributed by atoms with Gasteiger partial charge in [0.1, 0.15) is 17.6 Å². The molecule has 0 fully saturated rings. The van der Waals surface area contributed by atoms with E-state index in [9.17, 15) is 9.59 Å². The van der Waals surface area contributed by atoms with Gasteiger partial charge in [0.15, 0.2) is 11.6 Å². The van der Waals surface area contributed by atoms with Gasteiger partial charge < -0.3 is 9.30 Å². The number of ether oxygens (including phenoxy) is 1. The molecule has 0 saturated heterocycles. The lowest BCUT2D eigenvalue weighted by molar-refractivity contribution is -0.147. The number of carbonyl (C=O) groups is 2. The molecule has 0 N–H and O–H groups in total. The SMILES string of the molecule is CCOC(=O)C(C(C)=O)c1ncnc2c1ncn2Cc1ccccc1Cl. The molecule has 3 rings (SSSR count). The molecule has 26 heavy (non-hydrogen) atoms. The molecule has 1 aromatic carbocycles. The number of fused-ring (bicyclic) bond motifs is 1. The first-order chi connectivity index (χ1) is 12.5. The van der Waals surface area contributed by atoms with Gasteiger partial charge in [0.05, 0.1) is 25.2 Å². The largest absolute Gasteiger partial charge is 0.465 e. The number of esters is 1. The fourth-order valence-electron chi connectivity index (χ4n) is 2.73. The van der Waals surface area contributed by atoms with Crippen molar-refractivity contribution in [3.05, 3.63) is 53.2 Å². The number of hydrogen-bond donors (Lipinski definition) is 0. The number of ketones is 1. The van der Waals surface area contributed by atoms with Crippen molar-refractivity contribution in [3.63, 3.8) is 0 Å². The van der Waals surface area contributed by atoms with E-state index in [-0.39, 0.29) is 18.1 Å². The van der Waals surface area contributed by atoms with Crippen LogP contribution in [0.25, 0.3) is 11.2 Å². The minimum absolute atomic E-state index is 0.178. The van der Waals surface area contributed by atoms with E-state index in [1.165, 1.54) is 13.3 Å². The fraction of sp³-hybridized carbons (Fsp3) is 0.278. The van der Waals surface area contributed by atoms with Crippen LogP contribution in [0.15, 0.2) is 36.9 Å². The van der Waals surface area contributed by atoms with Gasteiger partial charge in [-0.15, -0.1) is 0 Å². The number of carbonyl (C=O) groups excluding carboxylic acids is 2. The predicted octanol–water partition coefficient (Wildman–Crippen LogP) is 2.76. The van der Waals surface area contributed by atoms with Crippen molar-refractivity contribution < 1.29 is 14.3 Å². The fourth-order valence-corrected chi connectivity index (χ4v) is 2.93. The summed E-state index contributed by atoms with van der Waals surface area (Å²) in [7, 11) is 0. The van der Waals surface area contributed by atoms with Crippen molar-refractivity contribution in [1.82, 2.24) is 19.5 Å². The summed E-state index contributed by atoms with van der Waals surface area (Å²) in [4.78, 5) is 37.0. The Morgan fingerprint density at radius 2 is 2.00 bits per heavy atom. The Morgan fingerprint density at radius 1 is 1.23 bits per heavy atom. The topological polar surface area (TPSA) is 87.0 Å². The highest BCUT2D eigenvalue weighted by molar-refractivity contribution is 6.31. The van der Waals surface area contributed by atoms with Crippen LogP contribution < -0.4 is 0 Å². The monoisotopic (exact) mass is 372 g/mol. The van der Waals surface area contributed by atoms with E-state index in [4.69, 9.17) is 16.3 Å². The maximum Gasteiger partial charge on any atom is 0.322 e. The Morgan fingerprint density at radius 3 is 2.69 bits per heavy atom. The average molecular weight is 373 g/mol. The molecule has 0 aliphatic heterocycles. The zero-order chi connectivity index (χ0) is 18.7. The third kappa shape index (κ3) is 3.43. The van der Waals surface area contributed by atoms with Gasteiger partial charge in [-0.2, -0.15) is 0 Å². The van der Waals surface area contributed by atoms with E-state index in [1.54, 1.807) is 17.8 Å². The quantitative estimate of drug-likeness (QED) is 0.488. The molecular weight excluding hydrogens is 356 g/mol. The first kappa shape index (κ1) is 18.0. The van der Waals surface area contributed by atoms with E-state index in [0.29, 0.717) is 22.7 Å². The van der Waals surface area contributed by atoms with Crippen LogP contribution in [-0.2, 0) is 20.9 Å². The maximum absolute atomic E-state index is 12.2. The van der Waals surface area contributed by atoms with Crippen molar-refractivity contribution in [2.24, 2.45) is 0 Å². The molecule has 0 radical (unpaired) electrons. The van der Waals surface area contributed by atoms with Crippen molar-refractivity contribution in [2.45, 2.75) is 26.3 Å². The third-order valence-electron chi connectivity index (χ3n) is 3.93. The Bertz CT molecular complexity index is 970. The molecule has 8 heteroatoms. The number of halogens is 1. The molecular formula is C18H17ClN4O3. The minimum Gasteiger partial charge on any atom is -0.465 e. The minimum atomic E-state index is -1.12. The summed E-state index contributed by atoms with van der Waals surface area (Å²) in [5.41, 5.74) is 2.07. The van der Waals surface area contributed by atoms with Crippen molar-refractivity contribution in [3.8, 4) is 0 Å². The van der Waals surface area contributed by atoms with Crippen molar-refractivity contribution in [2.75, 3.05) is 6.61 Å². The molecule has 0 bridgehead atoms. The smallest absolute Gasteiger partial charge is 0.322 e. The van der Waals surface area contributed by atoms with Gasteiger partial charge in [0.25, 0.3) is 0 Å². The van der Waals surface area contributed by atoms with Crippen LogP contribution in [0.3, 0.4) is 0 Å². The van der Waals surface area contributed by atoms with Gasteiger partial charge in [0.2, 0.25) is 0 Å². The van der Waals surface area contributed by atoms with Crippen LogP contribution >= 0.6 is 11.6 Å². The Hall–Kier alpha value is -2.80. The lowest BCUT2D eigenvalue weighted by atomic mass is 10.0.